The number of aromatic nitrogens is 2. The summed E-state index contributed by atoms with van der Waals surface area (Å²) in [5, 5.41) is 12.3. The SMILES string of the molecule is CC(=O)c1c(C(=O)O)nn(C)c1Cl. The first-order chi connectivity index (χ1) is 5.95. The van der Waals surface area contributed by atoms with Crippen molar-refractivity contribution in [2.45, 2.75) is 6.92 Å². The molecule has 0 aliphatic heterocycles. The molecule has 5 nitrogen and oxygen atoms in total. The Hall–Kier alpha value is -1.36. The molecule has 0 aromatic carbocycles. The van der Waals surface area contributed by atoms with Crippen LogP contribution in [0.25, 0.3) is 0 Å². The predicted octanol–water partition coefficient (Wildman–Crippen LogP) is 0.974. The Morgan fingerprint density at radius 3 is 2.38 bits per heavy atom. The first-order valence-electron chi connectivity index (χ1n) is 3.42. The van der Waals surface area contributed by atoms with Crippen LogP contribution in [0.15, 0.2) is 0 Å². The Bertz CT molecular complexity index is 383. The van der Waals surface area contributed by atoms with Gasteiger partial charge in [-0.05, 0) is 6.92 Å². The monoisotopic (exact) mass is 202 g/mol. The molecule has 6 heteroatoms. The molecule has 0 aliphatic carbocycles. The molecule has 0 radical (unpaired) electrons. The third-order valence-electron chi connectivity index (χ3n) is 1.53. The second-order valence-corrected chi connectivity index (χ2v) is 2.86. The van der Waals surface area contributed by atoms with E-state index in [9.17, 15) is 9.59 Å². The Morgan fingerprint density at radius 1 is 1.54 bits per heavy atom. The summed E-state index contributed by atoms with van der Waals surface area (Å²) in [5.74, 6) is -1.66. The number of carboxylic acids is 1. The van der Waals surface area contributed by atoms with E-state index in [-0.39, 0.29) is 16.4 Å². The normalized spacial score (nSPS) is 10.1. The second-order valence-electron chi connectivity index (χ2n) is 2.50. The van der Waals surface area contributed by atoms with Gasteiger partial charge in [0.15, 0.2) is 11.5 Å². The smallest absolute Gasteiger partial charge is 0.357 e. The topological polar surface area (TPSA) is 72.2 Å². The lowest BCUT2D eigenvalue weighted by Crippen LogP contribution is -2.04. The molecule has 70 valence electrons. The van der Waals surface area contributed by atoms with E-state index in [1.807, 2.05) is 0 Å². The average Bonchev–Trinajstić information content (AvgIpc) is 2.28. The number of hydrogen-bond acceptors (Lipinski definition) is 3. The van der Waals surface area contributed by atoms with Gasteiger partial charge in [-0.1, -0.05) is 11.6 Å². The van der Waals surface area contributed by atoms with E-state index < -0.39 is 11.8 Å². The molecule has 1 heterocycles. The Kier molecular flexibility index (Phi) is 2.38. The number of carbonyl (C=O) groups excluding carboxylic acids is 1. The summed E-state index contributed by atoms with van der Waals surface area (Å²) in [6, 6.07) is 0. The molecule has 0 atom stereocenters. The Morgan fingerprint density at radius 2 is 2.08 bits per heavy atom. The van der Waals surface area contributed by atoms with E-state index in [0.29, 0.717) is 0 Å². The zero-order valence-corrected chi connectivity index (χ0v) is 7.79. The maximum Gasteiger partial charge on any atom is 0.357 e. The number of nitrogens with zero attached hydrogens (tertiary/aromatic N) is 2. The van der Waals surface area contributed by atoms with Gasteiger partial charge in [0, 0.05) is 7.05 Å². The number of aromatic carboxylic acids is 1. The van der Waals surface area contributed by atoms with E-state index in [1.165, 1.54) is 14.0 Å². The lowest BCUT2D eigenvalue weighted by molar-refractivity contribution is 0.0685. The summed E-state index contributed by atoms with van der Waals surface area (Å²) in [5.41, 5.74) is -0.350. The standard InChI is InChI=1S/C7H7ClN2O3/c1-3(11)4-5(7(12)13)9-10(2)6(4)8/h1-2H3,(H,12,13). The van der Waals surface area contributed by atoms with Crippen molar-refractivity contribution in [2.75, 3.05) is 0 Å². The van der Waals surface area contributed by atoms with Gasteiger partial charge in [-0.15, -0.1) is 0 Å². The van der Waals surface area contributed by atoms with Gasteiger partial charge in [0.05, 0.1) is 5.56 Å². The highest BCUT2D eigenvalue weighted by Crippen LogP contribution is 2.19. The van der Waals surface area contributed by atoms with Crippen molar-refractivity contribution in [3.8, 4) is 0 Å². The van der Waals surface area contributed by atoms with Crippen molar-refractivity contribution in [1.82, 2.24) is 9.78 Å². The van der Waals surface area contributed by atoms with Gasteiger partial charge in [-0.2, -0.15) is 5.10 Å². The van der Waals surface area contributed by atoms with Gasteiger partial charge in [0.25, 0.3) is 0 Å². The summed E-state index contributed by atoms with van der Waals surface area (Å²) >= 11 is 5.67. The van der Waals surface area contributed by atoms with Crippen LogP contribution in [0, 0.1) is 0 Å². The largest absolute Gasteiger partial charge is 0.476 e. The van der Waals surface area contributed by atoms with Crippen LogP contribution < -0.4 is 0 Å². The van der Waals surface area contributed by atoms with Crippen molar-refractivity contribution in [2.24, 2.45) is 7.05 Å². The molecular formula is C7H7ClN2O3. The van der Waals surface area contributed by atoms with E-state index >= 15 is 0 Å². The van der Waals surface area contributed by atoms with Crippen LogP contribution >= 0.6 is 11.6 Å². The number of halogens is 1. The average molecular weight is 203 g/mol. The number of carbonyl (C=O) groups is 2. The van der Waals surface area contributed by atoms with Gasteiger partial charge >= 0.3 is 5.97 Å². The van der Waals surface area contributed by atoms with E-state index in [0.717, 1.165) is 4.68 Å². The predicted molar refractivity (Wildman–Crippen MR) is 45.2 cm³/mol. The minimum absolute atomic E-state index is 0.0448. The maximum absolute atomic E-state index is 11.0. The van der Waals surface area contributed by atoms with Crippen molar-refractivity contribution >= 4 is 23.4 Å². The molecule has 1 aromatic heterocycles. The summed E-state index contributed by atoms with van der Waals surface area (Å²) < 4.78 is 1.15. The molecular weight excluding hydrogens is 196 g/mol. The van der Waals surface area contributed by atoms with Gasteiger partial charge in [-0.25, -0.2) is 4.79 Å². The third-order valence-corrected chi connectivity index (χ3v) is 1.97. The van der Waals surface area contributed by atoms with E-state index in [4.69, 9.17) is 16.7 Å². The van der Waals surface area contributed by atoms with Crippen LogP contribution in [-0.4, -0.2) is 26.6 Å². The van der Waals surface area contributed by atoms with Crippen LogP contribution in [-0.2, 0) is 7.05 Å². The number of aryl methyl sites for hydroxylation is 1. The van der Waals surface area contributed by atoms with E-state index in [1.54, 1.807) is 0 Å². The zero-order chi connectivity index (χ0) is 10.2. The van der Waals surface area contributed by atoms with Crippen molar-refractivity contribution in [3.05, 3.63) is 16.4 Å². The van der Waals surface area contributed by atoms with Crippen molar-refractivity contribution < 1.29 is 14.7 Å². The van der Waals surface area contributed by atoms with Crippen LogP contribution in [0.4, 0.5) is 0 Å². The minimum Gasteiger partial charge on any atom is -0.476 e. The quantitative estimate of drug-likeness (QED) is 0.726. The number of hydrogen-bond donors (Lipinski definition) is 1. The summed E-state index contributed by atoms with van der Waals surface area (Å²) in [6.07, 6.45) is 0. The fourth-order valence-corrected chi connectivity index (χ4v) is 1.23. The van der Waals surface area contributed by atoms with Gasteiger partial charge in [0.1, 0.15) is 5.15 Å². The first-order valence-corrected chi connectivity index (χ1v) is 3.79. The van der Waals surface area contributed by atoms with Crippen LogP contribution in [0.3, 0.4) is 0 Å². The fourth-order valence-electron chi connectivity index (χ4n) is 0.965. The molecule has 1 rings (SSSR count). The molecule has 0 amide bonds. The number of carboxylic acid groups (broad SMARTS) is 1. The Balaban J connectivity index is 3.44. The fraction of sp³-hybridized carbons (Fsp3) is 0.286. The zero-order valence-electron chi connectivity index (χ0n) is 7.04. The highest BCUT2D eigenvalue weighted by atomic mass is 35.5. The molecule has 0 bridgehead atoms. The molecule has 0 aliphatic rings. The molecule has 0 saturated carbocycles. The lowest BCUT2D eigenvalue weighted by Gasteiger charge is -1.92. The molecule has 0 fully saturated rings. The molecule has 0 unspecified atom stereocenters. The lowest BCUT2D eigenvalue weighted by atomic mass is 10.2. The summed E-state index contributed by atoms with van der Waals surface area (Å²) in [7, 11) is 1.47. The Labute approximate surface area is 78.9 Å². The molecule has 0 spiro atoms. The highest BCUT2D eigenvalue weighted by Gasteiger charge is 2.22. The van der Waals surface area contributed by atoms with Crippen LogP contribution in [0.5, 0.6) is 0 Å². The molecule has 0 saturated heterocycles. The highest BCUT2D eigenvalue weighted by molar-refractivity contribution is 6.33. The minimum atomic E-state index is -1.26. The second kappa shape index (κ2) is 3.18. The number of ketones is 1. The van der Waals surface area contributed by atoms with Crippen molar-refractivity contribution in [1.29, 1.82) is 0 Å². The van der Waals surface area contributed by atoms with Gasteiger partial charge in [0.2, 0.25) is 0 Å². The maximum atomic E-state index is 11.0. The molecule has 1 aromatic rings. The van der Waals surface area contributed by atoms with Crippen LogP contribution in [0.2, 0.25) is 5.15 Å². The van der Waals surface area contributed by atoms with Crippen LogP contribution in [0.1, 0.15) is 27.8 Å². The van der Waals surface area contributed by atoms with Gasteiger partial charge in [-0.3, -0.25) is 9.48 Å². The van der Waals surface area contributed by atoms with Gasteiger partial charge < -0.3 is 5.11 Å². The number of rotatable bonds is 2. The summed E-state index contributed by atoms with van der Waals surface area (Å²) in [4.78, 5) is 21.6. The number of Topliss-reactive ketones (excluding diaryl/α,β-unsaturated/α-hetero) is 1. The van der Waals surface area contributed by atoms with Crippen molar-refractivity contribution in [3.63, 3.8) is 0 Å². The molecule has 13 heavy (non-hydrogen) atoms. The first kappa shape index (κ1) is 9.73. The third kappa shape index (κ3) is 1.55. The van der Waals surface area contributed by atoms with E-state index in [2.05, 4.69) is 5.10 Å². The molecule has 1 N–H and O–H groups in total. The summed E-state index contributed by atoms with van der Waals surface area (Å²) in [6.45, 7) is 1.25.